The van der Waals surface area contributed by atoms with Gasteiger partial charge in [-0.1, -0.05) is 23.9 Å². The van der Waals surface area contributed by atoms with E-state index in [0.29, 0.717) is 35.7 Å². The number of rotatable bonds is 8. The molecule has 7 heteroatoms. The SMILES string of the molecule is C=CC(=O)OCCCCOC(=O)c1cccc(-c2noc(C)n2)c1. The fraction of sp³-hybridized carbons (Fsp3) is 0.294. The van der Waals surface area contributed by atoms with Crippen molar-refractivity contribution in [2.24, 2.45) is 0 Å². The maximum atomic E-state index is 12.0. The third kappa shape index (κ3) is 5.05. The van der Waals surface area contributed by atoms with Gasteiger partial charge in [-0.05, 0) is 25.0 Å². The zero-order valence-corrected chi connectivity index (χ0v) is 13.4. The van der Waals surface area contributed by atoms with Crippen molar-refractivity contribution >= 4 is 11.9 Å². The highest BCUT2D eigenvalue weighted by atomic mass is 16.5. The summed E-state index contributed by atoms with van der Waals surface area (Å²) in [6.07, 6.45) is 2.31. The van der Waals surface area contributed by atoms with Crippen molar-refractivity contribution in [3.63, 3.8) is 0 Å². The van der Waals surface area contributed by atoms with Gasteiger partial charge in [0.05, 0.1) is 18.8 Å². The molecule has 1 aromatic carbocycles. The van der Waals surface area contributed by atoms with Gasteiger partial charge in [-0.25, -0.2) is 9.59 Å². The third-order valence-electron chi connectivity index (χ3n) is 3.07. The number of aromatic nitrogens is 2. The summed E-state index contributed by atoms with van der Waals surface area (Å²) in [5.74, 6) is -0.0121. The van der Waals surface area contributed by atoms with Gasteiger partial charge in [-0.3, -0.25) is 0 Å². The molecule has 0 spiro atoms. The summed E-state index contributed by atoms with van der Waals surface area (Å²) >= 11 is 0. The minimum Gasteiger partial charge on any atom is -0.463 e. The Balaban J connectivity index is 1.80. The zero-order chi connectivity index (χ0) is 17.4. The normalized spacial score (nSPS) is 10.2. The lowest BCUT2D eigenvalue weighted by Gasteiger charge is -2.06. The Morgan fingerprint density at radius 2 is 2.00 bits per heavy atom. The average Bonchev–Trinajstić information content (AvgIpc) is 3.04. The number of hydrogen-bond donors (Lipinski definition) is 0. The summed E-state index contributed by atoms with van der Waals surface area (Å²) in [5, 5.41) is 3.82. The molecule has 0 saturated carbocycles. The molecule has 0 radical (unpaired) electrons. The monoisotopic (exact) mass is 330 g/mol. The molecule has 0 unspecified atom stereocenters. The van der Waals surface area contributed by atoms with Gasteiger partial charge in [-0.15, -0.1) is 0 Å². The Hall–Kier alpha value is -2.96. The Morgan fingerprint density at radius 1 is 1.25 bits per heavy atom. The van der Waals surface area contributed by atoms with Crippen molar-refractivity contribution < 1.29 is 23.6 Å². The largest absolute Gasteiger partial charge is 0.463 e. The highest BCUT2D eigenvalue weighted by molar-refractivity contribution is 5.90. The average molecular weight is 330 g/mol. The summed E-state index contributed by atoms with van der Waals surface area (Å²) in [4.78, 5) is 27.0. The van der Waals surface area contributed by atoms with Crippen molar-refractivity contribution in [3.8, 4) is 11.4 Å². The van der Waals surface area contributed by atoms with Crippen LogP contribution in [0.5, 0.6) is 0 Å². The Kier molecular flexibility index (Phi) is 6.24. The van der Waals surface area contributed by atoms with Crippen molar-refractivity contribution in [3.05, 3.63) is 48.4 Å². The summed E-state index contributed by atoms with van der Waals surface area (Å²) in [7, 11) is 0. The first kappa shape index (κ1) is 17.4. The lowest BCUT2D eigenvalue weighted by atomic mass is 10.1. The second kappa shape index (κ2) is 8.61. The number of unbranched alkanes of at least 4 members (excludes halogenated alkanes) is 1. The number of hydrogen-bond acceptors (Lipinski definition) is 7. The summed E-state index contributed by atoms with van der Waals surface area (Å²) in [6, 6.07) is 6.82. The number of benzene rings is 1. The minimum atomic E-state index is -0.458. The van der Waals surface area contributed by atoms with Crippen LogP contribution in [0.3, 0.4) is 0 Å². The lowest BCUT2D eigenvalue weighted by Crippen LogP contribution is -2.08. The van der Waals surface area contributed by atoms with E-state index in [1.54, 1.807) is 31.2 Å². The van der Waals surface area contributed by atoms with Gasteiger partial charge in [0.15, 0.2) is 0 Å². The first-order chi connectivity index (χ1) is 11.6. The molecule has 0 saturated heterocycles. The van der Waals surface area contributed by atoms with Crippen LogP contribution in [-0.2, 0) is 14.3 Å². The van der Waals surface area contributed by atoms with Crippen LogP contribution in [0, 0.1) is 6.92 Å². The number of carbonyl (C=O) groups is 2. The van der Waals surface area contributed by atoms with Crippen LogP contribution in [0.1, 0.15) is 29.1 Å². The molecule has 2 rings (SSSR count). The first-order valence-corrected chi connectivity index (χ1v) is 7.47. The predicted molar refractivity (Wildman–Crippen MR) is 85.1 cm³/mol. The predicted octanol–water partition coefficient (Wildman–Crippen LogP) is 2.71. The highest BCUT2D eigenvalue weighted by Gasteiger charge is 2.11. The van der Waals surface area contributed by atoms with E-state index >= 15 is 0 Å². The molecule has 1 aromatic heterocycles. The smallest absolute Gasteiger partial charge is 0.338 e. The van der Waals surface area contributed by atoms with Gasteiger partial charge in [0.1, 0.15) is 0 Å². The van der Waals surface area contributed by atoms with Crippen LogP contribution >= 0.6 is 0 Å². The molecule has 0 amide bonds. The number of ether oxygens (including phenoxy) is 2. The Morgan fingerprint density at radius 3 is 2.67 bits per heavy atom. The molecule has 0 fully saturated rings. The van der Waals surface area contributed by atoms with Gasteiger partial charge in [0, 0.05) is 18.6 Å². The van der Waals surface area contributed by atoms with E-state index in [1.807, 2.05) is 0 Å². The molecule has 0 N–H and O–H groups in total. The van der Waals surface area contributed by atoms with Crippen LogP contribution in [0.15, 0.2) is 41.4 Å². The van der Waals surface area contributed by atoms with Crippen LogP contribution in [0.2, 0.25) is 0 Å². The summed E-state index contributed by atoms with van der Waals surface area (Å²) in [5.41, 5.74) is 1.09. The molecule has 0 aliphatic carbocycles. The van der Waals surface area contributed by atoms with E-state index in [0.717, 1.165) is 6.08 Å². The van der Waals surface area contributed by atoms with E-state index in [-0.39, 0.29) is 13.2 Å². The molecule has 126 valence electrons. The van der Waals surface area contributed by atoms with Gasteiger partial charge in [0.2, 0.25) is 11.7 Å². The fourth-order valence-electron chi connectivity index (χ4n) is 1.89. The number of carbonyl (C=O) groups excluding carboxylic acids is 2. The lowest BCUT2D eigenvalue weighted by molar-refractivity contribution is -0.137. The third-order valence-corrected chi connectivity index (χ3v) is 3.07. The molecular formula is C17H18N2O5. The van der Waals surface area contributed by atoms with E-state index < -0.39 is 11.9 Å². The maximum absolute atomic E-state index is 12.0. The maximum Gasteiger partial charge on any atom is 0.338 e. The van der Waals surface area contributed by atoms with Gasteiger partial charge < -0.3 is 14.0 Å². The minimum absolute atomic E-state index is 0.246. The van der Waals surface area contributed by atoms with Crippen LogP contribution in [-0.4, -0.2) is 35.3 Å². The molecule has 0 aliphatic rings. The molecule has 0 aliphatic heterocycles. The molecule has 0 atom stereocenters. The van der Waals surface area contributed by atoms with Gasteiger partial charge in [0.25, 0.3) is 0 Å². The molecule has 0 bridgehead atoms. The highest BCUT2D eigenvalue weighted by Crippen LogP contribution is 2.17. The second-order valence-corrected chi connectivity index (χ2v) is 4.93. The molecule has 7 nitrogen and oxygen atoms in total. The van der Waals surface area contributed by atoms with E-state index in [2.05, 4.69) is 16.7 Å². The van der Waals surface area contributed by atoms with Crippen LogP contribution in [0.25, 0.3) is 11.4 Å². The standard InChI is InChI=1S/C17H18N2O5/c1-3-15(20)22-9-4-5-10-23-17(21)14-8-6-7-13(11-14)16-18-12(2)24-19-16/h3,6-8,11H,1,4-5,9-10H2,2H3. The number of nitrogens with zero attached hydrogens (tertiary/aromatic N) is 2. The fourth-order valence-corrected chi connectivity index (χ4v) is 1.89. The van der Waals surface area contributed by atoms with Crippen LogP contribution in [0.4, 0.5) is 0 Å². The summed E-state index contributed by atoms with van der Waals surface area (Å²) < 4.78 is 15.0. The van der Waals surface area contributed by atoms with E-state index in [4.69, 9.17) is 14.0 Å². The topological polar surface area (TPSA) is 91.5 Å². The zero-order valence-electron chi connectivity index (χ0n) is 13.4. The first-order valence-electron chi connectivity index (χ1n) is 7.47. The Bertz CT molecular complexity index is 723. The van der Waals surface area contributed by atoms with E-state index in [1.165, 1.54) is 0 Å². The molecule has 2 aromatic rings. The van der Waals surface area contributed by atoms with Crippen LogP contribution < -0.4 is 0 Å². The van der Waals surface area contributed by atoms with E-state index in [9.17, 15) is 9.59 Å². The Labute approximate surface area is 139 Å². The molecular weight excluding hydrogens is 312 g/mol. The van der Waals surface area contributed by atoms with Crippen molar-refractivity contribution in [2.45, 2.75) is 19.8 Å². The van der Waals surface area contributed by atoms with Crippen molar-refractivity contribution in [1.29, 1.82) is 0 Å². The van der Waals surface area contributed by atoms with Crippen molar-refractivity contribution in [2.75, 3.05) is 13.2 Å². The second-order valence-electron chi connectivity index (χ2n) is 4.93. The molecule has 24 heavy (non-hydrogen) atoms. The van der Waals surface area contributed by atoms with Crippen molar-refractivity contribution in [1.82, 2.24) is 10.1 Å². The van der Waals surface area contributed by atoms with Gasteiger partial charge >= 0.3 is 11.9 Å². The number of esters is 2. The summed E-state index contributed by atoms with van der Waals surface area (Å²) in [6.45, 7) is 5.52. The molecule has 1 heterocycles. The number of aryl methyl sites for hydroxylation is 1. The van der Waals surface area contributed by atoms with Gasteiger partial charge in [-0.2, -0.15) is 4.98 Å². The quantitative estimate of drug-likeness (QED) is 0.417.